The number of fused-ring (bicyclic) bond motifs is 1. The Labute approximate surface area is 112 Å². The highest BCUT2D eigenvalue weighted by molar-refractivity contribution is 9.10. The van der Waals surface area contributed by atoms with Gasteiger partial charge in [0.25, 0.3) is 0 Å². The van der Waals surface area contributed by atoms with Crippen molar-refractivity contribution in [3.05, 3.63) is 69.5 Å². The van der Waals surface area contributed by atoms with E-state index >= 15 is 0 Å². The Hall–Kier alpha value is -1.87. The van der Waals surface area contributed by atoms with Crippen LogP contribution in [0.15, 0.2) is 68.5 Å². The Bertz CT molecular complexity index is 757. The molecule has 0 aliphatic heterocycles. The minimum atomic E-state index is -0.000766. The minimum Gasteiger partial charge on any atom is -0.463 e. The summed E-state index contributed by atoms with van der Waals surface area (Å²) in [5, 5.41) is 0.609. The first-order chi connectivity index (χ1) is 8.75. The molecule has 88 valence electrons. The molecule has 0 unspecified atom stereocenters. The highest BCUT2D eigenvalue weighted by Gasteiger charge is 2.08. The van der Waals surface area contributed by atoms with Gasteiger partial charge in [0.15, 0.2) is 5.43 Å². The van der Waals surface area contributed by atoms with Gasteiger partial charge in [-0.15, -0.1) is 0 Å². The topological polar surface area (TPSA) is 30.2 Å². The van der Waals surface area contributed by atoms with Crippen LogP contribution in [0.5, 0.6) is 0 Å². The number of benzene rings is 2. The van der Waals surface area contributed by atoms with Crippen molar-refractivity contribution in [2.24, 2.45) is 0 Å². The molecule has 0 aliphatic rings. The molecule has 0 bridgehead atoms. The van der Waals surface area contributed by atoms with Crippen molar-refractivity contribution in [2.75, 3.05) is 0 Å². The van der Waals surface area contributed by atoms with E-state index in [0.717, 1.165) is 10.0 Å². The van der Waals surface area contributed by atoms with Gasteiger partial charge in [0.05, 0.1) is 10.9 Å². The van der Waals surface area contributed by atoms with E-state index < -0.39 is 0 Å². The van der Waals surface area contributed by atoms with Gasteiger partial charge < -0.3 is 4.42 Å². The van der Waals surface area contributed by atoms with Gasteiger partial charge in [-0.2, -0.15) is 0 Å². The first-order valence-electron chi connectivity index (χ1n) is 5.52. The summed E-state index contributed by atoms with van der Waals surface area (Å²) >= 11 is 3.37. The van der Waals surface area contributed by atoms with Crippen LogP contribution in [-0.4, -0.2) is 0 Å². The maximum absolute atomic E-state index is 12.3. The molecule has 3 aromatic rings. The van der Waals surface area contributed by atoms with Crippen molar-refractivity contribution >= 4 is 26.9 Å². The van der Waals surface area contributed by atoms with Crippen LogP contribution in [0.4, 0.5) is 0 Å². The van der Waals surface area contributed by atoms with Crippen LogP contribution >= 0.6 is 15.9 Å². The molecule has 0 saturated heterocycles. The summed E-state index contributed by atoms with van der Waals surface area (Å²) in [6.07, 6.45) is 1.52. The zero-order valence-corrected chi connectivity index (χ0v) is 11.0. The molecular formula is C15H9BrO2. The van der Waals surface area contributed by atoms with Crippen LogP contribution in [0, 0.1) is 0 Å². The monoisotopic (exact) mass is 300 g/mol. The largest absolute Gasteiger partial charge is 0.463 e. The summed E-state index contributed by atoms with van der Waals surface area (Å²) in [5.74, 6) is 0. The minimum absolute atomic E-state index is 0.000766. The van der Waals surface area contributed by atoms with E-state index in [1.807, 2.05) is 36.4 Å². The van der Waals surface area contributed by atoms with Gasteiger partial charge in [0, 0.05) is 4.47 Å². The van der Waals surface area contributed by atoms with E-state index in [9.17, 15) is 4.79 Å². The lowest BCUT2D eigenvalue weighted by molar-refractivity contribution is 0.604. The van der Waals surface area contributed by atoms with Gasteiger partial charge in [0.1, 0.15) is 11.8 Å². The zero-order valence-electron chi connectivity index (χ0n) is 9.39. The Balaban J connectivity index is 2.27. The van der Waals surface area contributed by atoms with Gasteiger partial charge in [-0.05, 0) is 29.8 Å². The molecule has 1 aromatic heterocycles. The summed E-state index contributed by atoms with van der Waals surface area (Å²) in [6, 6.07) is 14.9. The van der Waals surface area contributed by atoms with E-state index in [2.05, 4.69) is 15.9 Å². The predicted octanol–water partition coefficient (Wildman–Crippen LogP) is 4.22. The number of hydrogen-bond donors (Lipinski definition) is 0. The highest BCUT2D eigenvalue weighted by Crippen LogP contribution is 2.21. The molecule has 0 N–H and O–H groups in total. The van der Waals surface area contributed by atoms with E-state index in [4.69, 9.17) is 4.42 Å². The third-order valence-corrected chi connectivity index (χ3v) is 3.36. The average molecular weight is 301 g/mol. The van der Waals surface area contributed by atoms with Crippen molar-refractivity contribution in [3.8, 4) is 11.1 Å². The second-order valence-electron chi connectivity index (χ2n) is 3.98. The Morgan fingerprint density at radius 3 is 2.44 bits per heavy atom. The van der Waals surface area contributed by atoms with E-state index in [-0.39, 0.29) is 5.43 Å². The lowest BCUT2D eigenvalue weighted by atomic mass is 10.1. The molecule has 0 atom stereocenters. The second kappa shape index (κ2) is 4.42. The normalized spacial score (nSPS) is 10.7. The smallest absolute Gasteiger partial charge is 0.200 e. The molecule has 0 spiro atoms. The van der Waals surface area contributed by atoms with Crippen molar-refractivity contribution in [3.63, 3.8) is 0 Å². The molecule has 0 saturated carbocycles. The molecule has 0 fully saturated rings. The third kappa shape index (κ3) is 1.87. The summed E-state index contributed by atoms with van der Waals surface area (Å²) in [6.45, 7) is 0. The van der Waals surface area contributed by atoms with Crippen LogP contribution in [0.3, 0.4) is 0 Å². The zero-order chi connectivity index (χ0) is 12.5. The first kappa shape index (κ1) is 11.2. The molecule has 0 aliphatic carbocycles. The quantitative estimate of drug-likeness (QED) is 0.673. The number of para-hydroxylation sites is 1. The fourth-order valence-electron chi connectivity index (χ4n) is 1.91. The molecule has 2 nitrogen and oxygen atoms in total. The summed E-state index contributed by atoms with van der Waals surface area (Å²) < 4.78 is 6.48. The van der Waals surface area contributed by atoms with Crippen LogP contribution < -0.4 is 5.43 Å². The van der Waals surface area contributed by atoms with Gasteiger partial charge in [0.2, 0.25) is 0 Å². The Kier molecular flexibility index (Phi) is 2.76. The van der Waals surface area contributed by atoms with Crippen molar-refractivity contribution in [1.29, 1.82) is 0 Å². The van der Waals surface area contributed by atoms with Crippen LogP contribution in [0.25, 0.3) is 22.1 Å². The lowest BCUT2D eigenvalue weighted by Gasteiger charge is -2.02. The molecule has 1 heterocycles. The first-order valence-corrected chi connectivity index (χ1v) is 6.31. The third-order valence-electron chi connectivity index (χ3n) is 2.84. The lowest BCUT2D eigenvalue weighted by Crippen LogP contribution is -2.04. The van der Waals surface area contributed by atoms with Crippen LogP contribution in [0.2, 0.25) is 0 Å². The van der Waals surface area contributed by atoms with Gasteiger partial charge in [-0.3, -0.25) is 4.79 Å². The Morgan fingerprint density at radius 2 is 1.67 bits per heavy atom. The summed E-state index contributed by atoms with van der Waals surface area (Å²) in [5.41, 5.74) is 2.06. The predicted molar refractivity (Wildman–Crippen MR) is 75.6 cm³/mol. The van der Waals surface area contributed by atoms with Gasteiger partial charge >= 0.3 is 0 Å². The maximum Gasteiger partial charge on any atom is 0.200 e. The molecule has 3 rings (SSSR count). The van der Waals surface area contributed by atoms with Crippen LogP contribution in [0.1, 0.15) is 0 Å². The van der Waals surface area contributed by atoms with Gasteiger partial charge in [-0.1, -0.05) is 40.2 Å². The SMILES string of the molecule is O=c1c(-c2ccc(Br)cc2)coc2ccccc12. The summed E-state index contributed by atoms with van der Waals surface area (Å²) in [7, 11) is 0. The molecular weight excluding hydrogens is 292 g/mol. The highest BCUT2D eigenvalue weighted by atomic mass is 79.9. The molecule has 2 aromatic carbocycles. The number of halogens is 1. The summed E-state index contributed by atoms with van der Waals surface area (Å²) in [4.78, 5) is 12.3. The molecule has 0 amide bonds. The average Bonchev–Trinajstić information content (AvgIpc) is 2.41. The molecule has 3 heteroatoms. The second-order valence-corrected chi connectivity index (χ2v) is 4.90. The maximum atomic E-state index is 12.3. The molecule has 0 radical (unpaired) electrons. The van der Waals surface area contributed by atoms with Crippen molar-refractivity contribution in [2.45, 2.75) is 0 Å². The fraction of sp³-hybridized carbons (Fsp3) is 0. The van der Waals surface area contributed by atoms with Crippen molar-refractivity contribution < 1.29 is 4.42 Å². The standard InChI is InChI=1S/C15H9BrO2/c16-11-7-5-10(6-8-11)13-9-18-14-4-2-1-3-12(14)15(13)17/h1-9H. The Morgan fingerprint density at radius 1 is 0.944 bits per heavy atom. The molecule has 18 heavy (non-hydrogen) atoms. The van der Waals surface area contributed by atoms with Crippen molar-refractivity contribution in [1.82, 2.24) is 0 Å². The van der Waals surface area contributed by atoms with E-state index in [0.29, 0.717) is 16.5 Å². The number of rotatable bonds is 1. The van der Waals surface area contributed by atoms with E-state index in [1.165, 1.54) is 6.26 Å². The van der Waals surface area contributed by atoms with Gasteiger partial charge in [-0.25, -0.2) is 0 Å². The van der Waals surface area contributed by atoms with Crippen LogP contribution in [-0.2, 0) is 0 Å². The fourth-order valence-corrected chi connectivity index (χ4v) is 2.17. The number of hydrogen-bond acceptors (Lipinski definition) is 2. The van der Waals surface area contributed by atoms with E-state index in [1.54, 1.807) is 12.1 Å².